The van der Waals surface area contributed by atoms with E-state index < -0.39 is 39.8 Å². The number of hydrogen-bond acceptors (Lipinski definition) is 8. The summed E-state index contributed by atoms with van der Waals surface area (Å²) < 4.78 is 30.1. The molecule has 2 aromatic rings. The standard InChI is InChI=1S/C22H20N2O7S2/c1-3-31-33(29,30)17-9-7-12(2)11-16(17)32-15-6-4-5-13-19(15)22(28)24(21(13)27)14-8-10-18(25)23-20(14)26/h4-7,9,11,14H,3,8,10H2,1-2H3,(H,23,25,26). The Kier molecular flexibility index (Phi) is 6.12. The normalized spacial score (nSPS) is 18.5. The fourth-order valence-electron chi connectivity index (χ4n) is 3.81. The molecule has 0 aromatic heterocycles. The Hall–Kier alpha value is -3.02. The topological polar surface area (TPSA) is 127 Å². The molecule has 0 spiro atoms. The van der Waals surface area contributed by atoms with E-state index in [0.717, 1.165) is 22.2 Å². The van der Waals surface area contributed by atoms with Gasteiger partial charge in [0.2, 0.25) is 11.8 Å². The van der Waals surface area contributed by atoms with E-state index in [9.17, 15) is 27.6 Å². The summed E-state index contributed by atoms with van der Waals surface area (Å²) in [6.07, 6.45) is 0.0700. The number of piperidine rings is 1. The van der Waals surface area contributed by atoms with E-state index in [2.05, 4.69) is 5.32 Å². The first kappa shape index (κ1) is 23.1. The fraction of sp³-hybridized carbons (Fsp3) is 0.273. The highest BCUT2D eigenvalue weighted by Crippen LogP contribution is 2.40. The summed E-state index contributed by atoms with van der Waals surface area (Å²) in [4.78, 5) is 51.6. The number of amides is 4. The van der Waals surface area contributed by atoms with E-state index in [1.54, 1.807) is 38.1 Å². The Morgan fingerprint density at radius 3 is 2.55 bits per heavy atom. The summed E-state index contributed by atoms with van der Waals surface area (Å²) in [7, 11) is -4.02. The maximum absolute atomic E-state index is 13.3. The number of fused-ring (bicyclic) bond motifs is 1. The molecule has 0 saturated carbocycles. The van der Waals surface area contributed by atoms with Crippen molar-refractivity contribution in [2.75, 3.05) is 6.61 Å². The lowest BCUT2D eigenvalue weighted by molar-refractivity contribution is -0.136. The zero-order valence-electron chi connectivity index (χ0n) is 17.8. The van der Waals surface area contributed by atoms with Gasteiger partial charge in [-0.05, 0) is 50.1 Å². The Labute approximate surface area is 194 Å². The summed E-state index contributed by atoms with van der Waals surface area (Å²) in [5.74, 6) is -2.43. The highest BCUT2D eigenvalue weighted by molar-refractivity contribution is 8.00. The average Bonchev–Trinajstić information content (AvgIpc) is 2.99. The van der Waals surface area contributed by atoms with Crippen LogP contribution in [0.4, 0.5) is 0 Å². The van der Waals surface area contributed by atoms with Crippen LogP contribution >= 0.6 is 11.8 Å². The summed E-state index contributed by atoms with van der Waals surface area (Å²) in [6, 6.07) is 8.35. The second-order valence-corrected chi connectivity index (χ2v) is 10.2. The van der Waals surface area contributed by atoms with E-state index in [-0.39, 0.29) is 35.5 Å². The highest BCUT2D eigenvalue weighted by Gasteiger charge is 2.45. The van der Waals surface area contributed by atoms with Gasteiger partial charge in [0, 0.05) is 16.2 Å². The minimum Gasteiger partial charge on any atom is -0.295 e. The number of hydrogen-bond donors (Lipinski definition) is 1. The maximum Gasteiger partial charge on any atom is 0.298 e. The van der Waals surface area contributed by atoms with Crippen molar-refractivity contribution in [1.82, 2.24) is 10.2 Å². The van der Waals surface area contributed by atoms with Crippen LogP contribution in [0.2, 0.25) is 0 Å². The van der Waals surface area contributed by atoms with Gasteiger partial charge < -0.3 is 0 Å². The average molecular weight is 489 g/mol. The van der Waals surface area contributed by atoms with Gasteiger partial charge in [-0.25, -0.2) is 0 Å². The third-order valence-corrected chi connectivity index (χ3v) is 7.98. The molecule has 1 saturated heterocycles. The van der Waals surface area contributed by atoms with Crippen LogP contribution < -0.4 is 5.32 Å². The van der Waals surface area contributed by atoms with Crippen LogP contribution in [0.3, 0.4) is 0 Å². The number of carbonyl (C=O) groups excluding carboxylic acids is 4. The molecule has 4 amide bonds. The van der Waals surface area contributed by atoms with Crippen molar-refractivity contribution in [3.8, 4) is 0 Å². The summed E-state index contributed by atoms with van der Waals surface area (Å²) in [6.45, 7) is 3.33. The molecule has 11 heteroatoms. The second-order valence-electron chi connectivity index (χ2n) is 7.54. The van der Waals surface area contributed by atoms with Crippen LogP contribution in [-0.2, 0) is 23.9 Å². The smallest absolute Gasteiger partial charge is 0.295 e. The van der Waals surface area contributed by atoms with Crippen molar-refractivity contribution in [2.24, 2.45) is 0 Å². The lowest BCUT2D eigenvalue weighted by atomic mass is 10.0. The van der Waals surface area contributed by atoms with Crippen LogP contribution in [0, 0.1) is 6.92 Å². The first-order valence-electron chi connectivity index (χ1n) is 10.2. The third kappa shape index (κ3) is 4.19. The Morgan fingerprint density at radius 2 is 1.85 bits per heavy atom. The Morgan fingerprint density at radius 1 is 1.09 bits per heavy atom. The predicted octanol–water partition coefficient (Wildman–Crippen LogP) is 2.27. The first-order chi connectivity index (χ1) is 15.6. The largest absolute Gasteiger partial charge is 0.298 e. The van der Waals surface area contributed by atoms with Crippen LogP contribution in [0.15, 0.2) is 51.1 Å². The molecule has 2 aliphatic rings. The SMILES string of the molecule is CCOS(=O)(=O)c1ccc(C)cc1Sc1cccc2c1C(=O)N(C1CCC(=O)NC1=O)C2=O. The van der Waals surface area contributed by atoms with Crippen LogP contribution in [0.25, 0.3) is 0 Å². The van der Waals surface area contributed by atoms with Crippen molar-refractivity contribution in [2.45, 2.75) is 47.4 Å². The highest BCUT2D eigenvalue weighted by atomic mass is 32.2. The summed E-state index contributed by atoms with van der Waals surface area (Å²) in [5, 5.41) is 2.16. The van der Waals surface area contributed by atoms with Gasteiger partial charge in [0.1, 0.15) is 10.9 Å². The van der Waals surface area contributed by atoms with Crippen molar-refractivity contribution < 1.29 is 31.8 Å². The third-order valence-electron chi connectivity index (χ3n) is 5.29. The van der Waals surface area contributed by atoms with E-state index in [0.29, 0.717) is 9.79 Å². The molecule has 2 aromatic carbocycles. The minimum absolute atomic E-state index is 0.0212. The van der Waals surface area contributed by atoms with Gasteiger partial charge in [0.05, 0.1) is 17.7 Å². The van der Waals surface area contributed by atoms with Gasteiger partial charge in [-0.3, -0.25) is 33.6 Å². The Bertz CT molecular complexity index is 1300. The van der Waals surface area contributed by atoms with Crippen molar-refractivity contribution in [3.05, 3.63) is 53.1 Å². The molecule has 1 atom stereocenters. The molecule has 33 heavy (non-hydrogen) atoms. The molecule has 1 N–H and O–H groups in total. The Balaban J connectivity index is 1.74. The van der Waals surface area contributed by atoms with E-state index in [1.807, 2.05) is 0 Å². The molecule has 0 radical (unpaired) electrons. The number of nitrogens with one attached hydrogen (secondary N) is 1. The number of aryl methyl sites for hydroxylation is 1. The predicted molar refractivity (Wildman–Crippen MR) is 117 cm³/mol. The zero-order chi connectivity index (χ0) is 23.9. The number of nitrogens with zero attached hydrogens (tertiary/aromatic N) is 1. The van der Waals surface area contributed by atoms with Gasteiger partial charge >= 0.3 is 0 Å². The quantitative estimate of drug-likeness (QED) is 0.485. The molecule has 2 aliphatic heterocycles. The molecule has 1 unspecified atom stereocenters. The number of benzene rings is 2. The monoisotopic (exact) mass is 488 g/mol. The number of imide groups is 2. The molecule has 4 rings (SSSR count). The molecule has 172 valence electrons. The van der Waals surface area contributed by atoms with Gasteiger partial charge in [-0.1, -0.05) is 23.9 Å². The van der Waals surface area contributed by atoms with E-state index in [4.69, 9.17) is 4.18 Å². The van der Waals surface area contributed by atoms with Gasteiger partial charge in [-0.15, -0.1) is 0 Å². The molecular weight excluding hydrogens is 468 g/mol. The van der Waals surface area contributed by atoms with Crippen molar-refractivity contribution >= 4 is 45.5 Å². The minimum atomic E-state index is -4.02. The summed E-state index contributed by atoms with van der Waals surface area (Å²) in [5.41, 5.74) is 1.02. The first-order valence-corrected chi connectivity index (χ1v) is 12.4. The van der Waals surface area contributed by atoms with E-state index in [1.165, 1.54) is 12.1 Å². The molecule has 0 aliphatic carbocycles. The molecule has 9 nitrogen and oxygen atoms in total. The van der Waals surface area contributed by atoms with Gasteiger partial charge in [0.25, 0.3) is 21.9 Å². The second kappa shape index (κ2) is 8.73. The van der Waals surface area contributed by atoms with Crippen LogP contribution in [-0.4, -0.2) is 49.6 Å². The molecular formula is C22H20N2O7S2. The van der Waals surface area contributed by atoms with Crippen molar-refractivity contribution in [3.63, 3.8) is 0 Å². The molecule has 2 heterocycles. The van der Waals surface area contributed by atoms with Gasteiger partial charge in [0.15, 0.2) is 0 Å². The maximum atomic E-state index is 13.3. The lowest BCUT2D eigenvalue weighted by Gasteiger charge is -2.27. The summed E-state index contributed by atoms with van der Waals surface area (Å²) >= 11 is 1.03. The molecule has 1 fully saturated rings. The van der Waals surface area contributed by atoms with E-state index >= 15 is 0 Å². The van der Waals surface area contributed by atoms with Crippen LogP contribution in [0.1, 0.15) is 46.0 Å². The zero-order valence-corrected chi connectivity index (χ0v) is 19.4. The van der Waals surface area contributed by atoms with Gasteiger partial charge in [-0.2, -0.15) is 8.42 Å². The number of carbonyl (C=O) groups is 4. The van der Waals surface area contributed by atoms with Crippen molar-refractivity contribution in [1.29, 1.82) is 0 Å². The lowest BCUT2D eigenvalue weighted by Crippen LogP contribution is -2.54. The van der Waals surface area contributed by atoms with Crippen LogP contribution in [0.5, 0.6) is 0 Å². The fourth-order valence-corrected chi connectivity index (χ4v) is 6.31. The number of rotatable bonds is 6. The molecule has 0 bridgehead atoms.